The summed E-state index contributed by atoms with van der Waals surface area (Å²) in [6, 6.07) is -0.661. The van der Waals surface area contributed by atoms with E-state index in [0.29, 0.717) is 6.54 Å². The zero-order chi connectivity index (χ0) is 14.3. The first kappa shape index (κ1) is 16.6. The van der Waals surface area contributed by atoms with Gasteiger partial charge in [0.1, 0.15) is 6.04 Å². The number of carboxylic acid groups (broad SMARTS) is 2. The zero-order valence-electron chi connectivity index (χ0n) is 11.3. The molecule has 0 saturated carbocycles. The van der Waals surface area contributed by atoms with Gasteiger partial charge < -0.3 is 10.2 Å². The molecule has 0 aromatic rings. The number of rotatable bonds is 9. The lowest BCUT2D eigenvalue weighted by molar-refractivity contribution is -0.146. The van der Waals surface area contributed by atoms with Crippen LogP contribution in [0, 0.1) is 5.92 Å². The molecule has 0 aliphatic carbocycles. The third-order valence-electron chi connectivity index (χ3n) is 2.92. The minimum atomic E-state index is -0.921. The first-order chi connectivity index (χ1) is 8.29. The number of hydrogen-bond donors (Lipinski definition) is 2. The maximum atomic E-state index is 11.3. The Morgan fingerprint density at radius 1 is 1.33 bits per heavy atom. The number of carbonyl (C=O) groups is 2. The lowest BCUT2D eigenvalue weighted by atomic mass is 9.97. The Labute approximate surface area is 108 Å². The van der Waals surface area contributed by atoms with E-state index in [4.69, 9.17) is 5.11 Å². The lowest BCUT2D eigenvalue weighted by Gasteiger charge is -2.32. The van der Waals surface area contributed by atoms with E-state index in [9.17, 15) is 14.7 Å². The van der Waals surface area contributed by atoms with Gasteiger partial charge in [-0.05, 0) is 12.8 Å². The van der Waals surface area contributed by atoms with Crippen LogP contribution in [0.5, 0.6) is 0 Å². The van der Waals surface area contributed by atoms with E-state index in [0.717, 1.165) is 12.0 Å². The summed E-state index contributed by atoms with van der Waals surface area (Å²) in [6.45, 7) is 10.0. The van der Waals surface area contributed by atoms with Crippen molar-refractivity contribution < 1.29 is 19.8 Å². The molecule has 5 nitrogen and oxygen atoms in total. The second kappa shape index (κ2) is 7.87. The number of nitrogens with zero attached hydrogens (tertiary/aromatic N) is 1. The minimum Gasteiger partial charge on any atom is -0.481 e. The van der Waals surface area contributed by atoms with Crippen molar-refractivity contribution in [1.82, 2.24) is 4.90 Å². The van der Waals surface area contributed by atoms with Crippen molar-refractivity contribution >= 4 is 11.9 Å². The van der Waals surface area contributed by atoms with E-state index in [2.05, 4.69) is 6.58 Å². The molecule has 0 fully saturated rings. The standard InChI is InChI=1S/C13H23NO4/c1-5-10(4)12(13(17)18)14(8-9(2)3)7-6-11(15)16/h10,12H,2,5-8H2,1,3-4H3,(H,15,16)(H,17,18). The van der Waals surface area contributed by atoms with Crippen LogP contribution in [-0.4, -0.2) is 46.2 Å². The molecule has 0 radical (unpaired) electrons. The first-order valence-corrected chi connectivity index (χ1v) is 6.12. The Balaban J connectivity index is 4.90. The third-order valence-corrected chi connectivity index (χ3v) is 2.92. The van der Waals surface area contributed by atoms with Gasteiger partial charge in [-0.15, -0.1) is 0 Å². The summed E-state index contributed by atoms with van der Waals surface area (Å²) in [4.78, 5) is 23.7. The highest BCUT2D eigenvalue weighted by atomic mass is 16.4. The average Bonchev–Trinajstić information content (AvgIpc) is 2.24. The number of aliphatic carboxylic acids is 2. The smallest absolute Gasteiger partial charge is 0.321 e. The van der Waals surface area contributed by atoms with Crippen molar-refractivity contribution in [3.8, 4) is 0 Å². The predicted octanol–water partition coefficient (Wildman–Crippen LogP) is 1.84. The van der Waals surface area contributed by atoms with Crippen LogP contribution in [0.1, 0.15) is 33.6 Å². The Morgan fingerprint density at radius 2 is 1.89 bits per heavy atom. The molecule has 0 saturated heterocycles. The Morgan fingerprint density at radius 3 is 2.22 bits per heavy atom. The van der Waals surface area contributed by atoms with E-state index < -0.39 is 18.0 Å². The summed E-state index contributed by atoms with van der Waals surface area (Å²) >= 11 is 0. The highest BCUT2D eigenvalue weighted by Gasteiger charge is 2.30. The van der Waals surface area contributed by atoms with Gasteiger partial charge in [0.15, 0.2) is 0 Å². The topological polar surface area (TPSA) is 77.8 Å². The summed E-state index contributed by atoms with van der Waals surface area (Å²) in [5.74, 6) is -1.86. The minimum absolute atomic E-state index is 0.0318. The molecule has 5 heteroatoms. The second-order valence-corrected chi connectivity index (χ2v) is 4.74. The fourth-order valence-corrected chi connectivity index (χ4v) is 1.89. The first-order valence-electron chi connectivity index (χ1n) is 6.12. The van der Waals surface area contributed by atoms with Crippen molar-refractivity contribution in [2.75, 3.05) is 13.1 Å². The van der Waals surface area contributed by atoms with Crippen LogP contribution < -0.4 is 0 Å². The molecule has 0 heterocycles. The van der Waals surface area contributed by atoms with Crippen molar-refractivity contribution in [1.29, 1.82) is 0 Å². The molecule has 0 bridgehead atoms. The highest BCUT2D eigenvalue weighted by Crippen LogP contribution is 2.17. The Kier molecular flexibility index (Phi) is 7.27. The van der Waals surface area contributed by atoms with E-state index >= 15 is 0 Å². The molecule has 0 aliphatic rings. The molecule has 0 spiro atoms. The van der Waals surface area contributed by atoms with Crippen LogP contribution in [-0.2, 0) is 9.59 Å². The van der Waals surface area contributed by atoms with Crippen molar-refractivity contribution in [3.05, 3.63) is 12.2 Å². The summed E-state index contributed by atoms with van der Waals surface area (Å²) < 4.78 is 0. The second-order valence-electron chi connectivity index (χ2n) is 4.74. The molecule has 0 aliphatic heterocycles. The number of hydrogen-bond acceptors (Lipinski definition) is 3. The zero-order valence-corrected chi connectivity index (χ0v) is 11.3. The van der Waals surface area contributed by atoms with Gasteiger partial charge in [-0.3, -0.25) is 14.5 Å². The normalized spacial score (nSPS) is 14.2. The quantitative estimate of drug-likeness (QED) is 0.616. The molecule has 104 valence electrons. The van der Waals surface area contributed by atoms with Gasteiger partial charge in [0.2, 0.25) is 0 Å². The van der Waals surface area contributed by atoms with Gasteiger partial charge in [-0.25, -0.2) is 0 Å². The average molecular weight is 257 g/mol. The van der Waals surface area contributed by atoms with Crippen molar-refractivity contribution in [2.45, 2.75) is 39.7 Å². The van der Waals surface area contributed by atoms with Crippen molar-refractivity contribution in [3.63, 3.8) is 0 Å². The Hall–Kier alpha value is -1.36. The van der Waals surface area contributed by atoms with Crippen LogP contribution in [0.15, 0.2) is 12.2 Å². The molecule has 2 N–H and O–H groups in total. The van der Waals surface area contributed by atoms with Gasteiger partial charge in [-0.2, -0.15) is 0 Å². The lowest BCUT2D eigenvalue weighted by Crippen LogP contribution is -2.46. The van der Waals surface area contributed by atoms with Crippen LogP contribution >= 0.6 is 0 Å². The van der Waals surface area contributed by atoms with Crippen molar-refractivity contribution in [2.24, 2.45) is 5.92 Å². The SMILES string of the molecule is C=C(C)CN(CCC(=O)O)C(C(=O)O)C(C)CC. The summed E-state index contributed by atoms with van der Waals surface area (Å²) in [6.07, 6.45) is 0.671. The third kappa shape index (κ3) is 5.82. The maximum Gasteiger partial charge on any atom is 0.321 e. The molecule has 0 aromatic carbocycles. The fourth-order valence-electron chi connectivity index (χ4n) is 1.89. The van der Waals surface area contributed by atoms with Gasteiger partial charge in [0.05, 0.1) is 6.42 Å². The van der Waals surface area contributed by atoms with Crippen LogP contribution in [0.3, 0.4) is 0 Å². The van der Waals surface area contributed by atoms with Gasteiger partial charge >= 0.3 is 11.9 Å². The molecule has 0 amide bonds. The molecule has 2 unspecified atom stereocenters. The van der Waals surface area contributed by atoms with E-state index in [-0.39, 0.29) is 18.9 Å². The van der Waals surface area contributed by atoms with Crippen LogP contribution in [0.2, 0.25) is 0 Å². The largest absolute Gasteiger partial charge is 0.481 e. The molecular weight excluding hydrogens is 234 g/mol. The van der Waals surface area contributed by atoms with Gasteiger partial charge in [0.25, 0.3) is 0 Å². The molecular formula is C13H23NO4. The van der Waals surface area contributed by atoms with E-state index in [1.165, 1.54) is 0 Å². The van der Waals surface area contributed by atoms with Crippen LogP contribution in [0.4, 0.5) is 0 Å². The molecule has 2 atom stereocenters. The number of carboxylic acids is 2. The highest BCUT2D eigenvalue weighted by molar-refractivity contribution is 5.74. The summed E-state index contributed by atoms with van der Waals surface area (Å²) in [5, 5.41) is 18.0. The fraction of sp³-hybridized carbons (Fsp3) is 0.692. The van der Waals surface area contributed by atoms with E-state index in [1.807, 2.05) is 20.8 Å². The molecule has 0 rings (SSSR count). The van der Waals surface area contributed by atoms with Gasteiger partial charge in [0, 0.05) is 13.1 Å². The van der Waals surface area contributed by atoms with E-state index in [1.54, 1.807) is 4.90 Å². The summed E-state index contributed by atoms with van der Waals surface area (Å²) in [5.41, 5.74) is 0.829. The monoisotopic (exact) mass is 257 g/mol. The summed E-state index contributed by atoms with van der Waals surface area (Å²) in [7, 11) is 0. The van der Waals surface area contributed by atoms with Crippen LogP contribution in [0.25, 0.3) is 0 Å². The maximum absolute atomic E-state index is 11.3. The Bertz CT molecular complexity index is 314. The molecule has 0 aromatic heterocycles. The van der Waals surface area contributed by atoms with Gasteiger partial charge in [-0.1, -0.05) is 32.4 Å². The predicted molar refractivity (Wildman–Crippen MR) is 69.5 cm³/mol. The molecule has 18 heavy (non-hydrogen) atoms.